The summed E-state index contributed by atoms with van der Waals surface area (Å²) in [7, 11) is 0. The zero-order valence-electron chi connectivity index (χ0n) is 18.9. The van der Waals surface area contributed by atoms with Crippen LogP contribution in [0, 0.1) is 13.8 Å². The van der Waals surface area contributed by atoms with E-state index < -0.39 is 18.5 Å². The molecule has 2 aromatic rings. The Morgan fingerprint density at radius 3 is 2.00 bits per heavy atom. The van der Waals surface area contributed by atoms with E-state index in [1.54, 1.807) is 6.07 Å². The molecule has 0 fully saturated rings. The van der Waals surface area contributed by atoms with E-state index in [9.17, 15) is 15.0 Å². The molecule has 4 heteroatoms. The van der Waals surface area contributed by atoms with Gasteiger partial charge in [0.05, 0.1) is 12.2 Å². The summed E-state index contributed by atoms with van der Waals surface area (Å²) in [6, 6.07) is 9.33. The van der Waals surface area contributed by atoms with Crippen molar-refractivity contribution in [2.75, 3.05) is 6.61 Å². The number of aryl methyl sites for hydroxylation is 2. The van der Waals surface area contributed by atoms with Gasteiger partial charge in [0.2, 0.25) is 5.78 Å². The minimum Gasteiger partial charge on any atom is -0.507 e. The number of hydrogen-bond acceptors (Lipinski definition) is 4. The molecule has 0 bridgehead atoms. The lowest BCUT2D eigenvalue weighted by Gasteiger charge is -2.26. The van der Waals surface area contributed by atoms with Crippen LogP contribution in [-0.4, -0.2) is 28.7 Å². The molecule has 0 radical (unpaired) electrons. The topological polar surface area (TPSA) is 66.8 Å². The highest BCUT2D eigenvalue weighted by Gasteiger charge is 2.30. The molecule has 0 spiro atoms. The van der Waals surface area contributed by atoms with Crippen molar-refractivity contribution < 1.29 is 19.7 Å². The molecule has 0 amide bonds. The number of benzene rings is 2. The van der Waals surface area contributed by atoms with Gasteiger partial charge in [-0.15, -0.1) is 0 Å². The number of rotatable bonds is 5. The predicted molar refractivity (Wildman–Crippen MR) is 117 cm³/mol. The molecule has 2 N–H and O–H groups in total. The van der Waals surface area contributed by atoms with Crippen LogP contribution in [0.1, 0.15) is 74.2 Å². The Morgan fingerprint density at radius 2 is 1.48 bits per heavy atom. The number of aliphatic hydroxyl groups is 1. The van der Waals surface area contributed by atoms with Crippen LogP contribution in [0.2, 0.25) is 0 Å². The van der Waals surface area contributed by atoms with Crippen molar-refractivity contribution in [2.24, 2.45) is 0 Å². The summed E-state index contributed by atoms with van der Waals surface area (Å²) in [6.45, 7) is 15.6. The van der Waals surface area contributed by atoms with E-state index in [0.717, 1.165) is 16.7 Å². The average molecular weight is 399 g/mol. The van der Waals surface area contributed by atoms with Crippen molar-refractivity contribution in [3.05, 3.63) is 58.1 Å². The fourth-order valence-corrected chi connectivity index (χ4v) is 3.37. The maximum Gasteiger partial charge on any atom is 0.209 e. The summed E-state index contributed by atoms with van der Waals surface area (Å²) >= 11 is 0. The number of aliphatic hydroxyl groups excluding tert-OH is 1. The van der Waals surface area contributed by atoms with E-state index in [1.807, 2.05) is 58.9 Å². The van der Waals surface area contributed by atoms with E-state index in [1.165, 1.54) is 0 Å². The van der Waals surface area contributed by atoms with Crippen molar-refractivity contribution in [3.63, 3.8) is 0 Å². The molecule has 0 aliphatic rings. The largest absolute Gasteiger partial charge is 0.507 e. The van der Waals surface area contributed by atoms with Gasteiger partial charge in [-0.1, -0.05) is 65.3 Å². The zero-order chi connectivity index (χ0) is 22.1. The number of carbonyl (C=O) groups is 1. The highest BCUT2D eigenvalue weighted by atomic mass is 16.5. The van der Waals surface area contributed by atoms with Gasteiger partial charge < -0.3 is 14.9 Å². The number of phenols is 1. The maximum atomic E-state index is 13.2. The Hall–Kier alpha value is -2.33. The van der Waals surface area contributed by atoms with E-state index in [0.29, 0.717) is 11.3 Å². The Balaban J connectivity index is 2.48. The van der Waals surface area contributed by atoms with Crippen molar-refractivity contribution in [3.8, 4) is 11.5 Å². The molecule has 0 heterocycles. The van der Waals surface area contributed by atoms with Gasteiger partial charge in [-0.05, 0) is 47.9 Å². The standard InChI is InChI=1S/C25H34O4/c1-15-9-10-20(18(12-15)24(3,4)5)29-21(14-26)23(28)17-11-16(2)13-19(22(17)27)25(6,7)8/h9-13,21,26-27H,14H2,1-8H3. The summed E-state index contributed by atoms with van der Waals surface area (Å²) in [4.78, 5) is 13.2. The molecule has 0 saturated heterocycles. The highest BCUT2D eigenvalue weighted by molar-refractivity contribution is 6.02. The van der Waals surface area contributed by atoms with Gasteiger partial charge in [-0.2, -0.15) is 0 Å². The number of phenolic OH excluding ortho intramolecular Hbond substituents is 1. The third-order valence-electron chi connectivity index (χ3n) is 5.00. The van der Waals surface area contributed by atoms with E-state index in [4.69, 9.17) is 4.74 Å². The monoisotopic (exact) mass is 398 g/mol. The second kappa shape index (κ2) is 8.19. The van der Waals surface area contributed by atoms with Gasteiger partial charge in [0.1, 0.15) is 11.5 Å². The SMILES string of the molecule is Cc1ccc(OC(CO)C(=O)c2cc(C)cc(C(C)(C)C)c2O)c(C(C)(C)C)c1. The summed E-state index contributed by atoms with van der Waals surface area (Å²) in [5.74, 6) is 0.0911. The van der Waals surface area contributed by atoms with Crippen LogP contribution in [0.5, 0.6) is 11.5 Å². The average Bonchev–Trinajstić information content (AvgIpc) is 2.60. The summed E-state index contributed by atoms with van der Waals surface area (Å²) in [5, 5.41) is 20.7. The number of Topliss-reactive ketones (excluding diaryl/α,β-unsaturated/α-hetero) is 1. The first kappa shape index (κ1) is 23.0. The Kier molecular flexibility index (Phi) is 6.48. The highest BCUT2D eigenvalue weighted by Crippen LogP contribution is 2.36. The minimum atomic E-state index is -1.10. The summed E-state index contributed by atoms with van der Waals surface area (Å²) in [6.07, 6.45) is -1.10. The molecular formula is C25H34O4. The number of hydrogen-bond donors (Lipinski definition) is 2. The van der Waals surface area contributed by atoms with Crippen molar-refractivity contribution in [1.29, 1.82) is 0 Å². The van der Waals surface area contributed by atoms with Gasteiger partial charge in [0, 0.05) is 5.56 Å². The van der Waals surface area contributed by atoms with Gasteiger partial charge in [0.25, 0.3) is 0 Å². The quantitative estimate of drug-likeness (QED) is 0.677. The van der Waals surface area contributed by atoms with Gasteiger partial charge in [0.15, 0.2) is 6.10 Å². The van der Waals surface area contributed by atoms with Crippen LogP contribution in [0.25, 0.3) is 0 Å². The van der Waals surface area contributed by atoms with Crippen molar-refractivity contribution in [2.45, 2.75) is 72.3 Å². The number of aromatic hydroxyl groups is 1. The summed E-state index contributed by atoms with van der Waals surface area (Å²) < 4.78 is 6.00. The van der Waals surface area contributed by atoms with Gasteiger partial charge >= 0.3 is 0 Å². The normalized spacial score (nSPS) is 13.3. The first-order valence-electron chi connectivity index (χ1n) is 10.0. The third-order valence-corrected chi connectivity index (χ3v) is 5.00. The van der Waals surface area contributed by atoms with Crippen LogP contribution in [0.3, 0.4) is 0 Å². The van der Waals surface area contributed by atoms with Crippen LogP contribution >= 0.6 is 0 Å². The Labute approximate surface area is 174 Å². The molecule has 2 rings (SSSR count). The molecule has 1 atom stereocenters. The molecule has 4 nitrogen and oxygen atoms in total. The fourth-order valence-electron chi connectivity index (χ4n) is 3.37. The van der Waals surface area contributed by atoms with Crippen LogP contribution < -0.4 is 4.74 Å². The lowest BCUT2D eigenvalue weighted by molar-refractivity contribution is 0.0651. The van der Waals surface area contributed by atoms with Crippen LogP contribution in [0.4, 0.5) is 0 Å². The van der Waals surface area contributed by atoms with Crippen LogP contribution in [0.15, 0.2) is 30.3 Å². The van der Waals surface area contributed by atoms with Crippen LogP contribution in [-0.2, 0) is 10.8 Å². The van der Waals surface area contributed by atoms with Crippen molar-refractivity contribution >= 4 is 5.78 Å². The van der Waals surface area contributed by atoms with E-state index in [-0.39, 0.29) is 22.1 Å². The number of ether oxygens (including phenoxy) is 1. The molecule has 29 heavy (non-hydrogen) atoms. The number of carbonyl (C=O) groups excluding carboxylic acids is 1. The molecule has 0 saturated carbocycles. The van der Waals surface area contributed by atoms with Crippen molar-refractivity contribution in [1.82, 2.24) is 0 Å². The molecule has 0 aromatic heterocycles. The molecule has 0 aliphatic heterocycles. The zero-order valence-corrected chi connectivity index (χ0v) is 18.9. The summed E-state index contributed by atoms with van der Waals surface area (Å²) in [5.41, 5.74) is 3.31. The first-order valence-corrected chi connectivity index (χ1v) is 10.0. The van der Waals surface area contributed by atoms with E-state index >= 15 is 0 Å². The van der Waals surface area contributed by atoms with Gasteiger partial charge in [-0.3, -0.25) is 4.79 Å². The first-order chi connectivity index (χ1) is 13.3. The number of ketones is 1. The van der Waals surface area contributed by atoms with E-state index in [2.05, 4.69) is 20.8 Å². The maximum absolute atomic E-state index is 13.2. The second-order valence-corrected chi connectivity index (χ2v) is 9.86. The third kappa shape index (κ3) is 5.18. The predicted octanol–water partition coefficient (Wildman–Crippen LogP) is 5.23. The Bertz CT molecular complexity index is 898. The fraction of sp³-hybridized carbons (Fsp3) is 0.480. The lowest BCUT2D eigenvalue weighted by Crippen LogP contribution is -2.32. The minimum absolute atomic E-state index is 0.0462. The molecule has 158 valence electrons. The smallest absolute Gasteiger partial charge is 0.209 e. The lowest BCUT2D eigenvalue weighted by atomic mass is 9.83. The molecular weight excluding hydrogens is 364 g/mol. The molecule has 1 unspecified atom stereocenters. The Morgan fingerprint density at radius 1 is 0.931 bits per heavy atom. The molecule has 0 aliphatic carbocycles. The molecule has 2 aromatic carbocycles. The van der Waals surface area contributed by atoms with Gasteiger partial charge in [-0.25, -0.2) is 0 Å². The second-order valence-electron chi connectivity index (χ2n) is 9.86.